The second kappa shape index (κ2) is 8.87. The highest BCUT2D eigenvalue weighted by atomic mass is 35.5. The third-order valence-corrected chi connectivity index (χ3v) is 8.88. The Hall–Kier alpha value is -2.78. The first-order valence-corrected chi connectivity index (χ1v) is 13.1. The number of benzene rings is 3. The van der Waals surface area contributed by atoms with Gasteiger partial charge in [-0.15, -0.1) is 11.3 Å². The molecule has 1 fully saturated rings. The second-order valence-corrected chi connectivity index (χ2v) is 11.1. The topological polar surface area (TPSA) is 79.4 Å². The van der Waals surface area contributed by atoms with Gasteiger partial charge in [0.05, 0.1) is 20.8 Å². The molecule has 5 rings (SSSR count). The number of nitrogens with one attached hydrogen (secondary N) is 1. The van der Waals surface area contributed by atoms with Crippen molar-refractivity contribution in [2.45, 2.75) is 23.8 Å². The van der Waals surface area contributed by atoms with Crippen LogP contribution in [0.15, 0.2) is 77.7 Å². The summed E-state index contributed by atoms with van der Waals surface area (Å²) < 4.78 is 28.7. The molecule has 33 heavy (non-hydrogen) atoms. The van der Waals surface area contributed by atoms with E-state index in [0.717, 1.165) is 20.8 Å². The largest absolute Gasteiger partial charge is 0.324 e. The molecule has 1 amide bonds. The fourth-order valence-electron chi connectivity index (χ4n) is 4.01. The Bertz CT molecular complexity index is 1400. The lowest BCUT2D eigenvalue weighted by molar-refractivity contribution is -0.119. The molecule has 1 aliphatic heterocycles. The number of thiazole rings is 1. The number of amides is 1. The van der Waals surface area contributed by atoms with Gasteiger partial charge in [0.2, 0.25) is 15.9 Å². The number of para-hydroxylation sites is 2. The first kappa shape index (κ1) is 22.0. The molecule has 3 aromatic carbocycles. The molecular weight excluding hydrogens is 478 g/mol. The fraction of sp³-hybridized carbons (Fsp3) is 0.167. The van der Waals surface area contributed by atoms with Gasteiger partial charge in [-0.2, -0.15) is 4.31 Å². The summed E-state index contributed by atoms with van der Waals surface area (Å²) in [5, 5.41) is 4.21. The van der Waals surface area contributed by atoms with Crippen LogP contribution in [0.5, 0.6) is 0 Å². The third kappa shape index (κ3) is 4.27. The van der Waals surface area contributed by atoms with E-state index in [1.54, 1.807) is 11.3 Å². The molecule has 4 aromatic rings. The molecule has 0 saturated carbocycles. The Kier molecular flexibility index (Phi) is 5.92. The van der Waals surface area contributed by atoms with E-state index in [-0.39, 0.29) is 10.8 Å². The number of anilines is 1. The van der Waals surface area contributed by atoms with E-state index in [4.69, 9.17) is 16.6 Å². The molecule has 0 radical (unpaired) electrons. The molecule has 1 N–H and O–H groups in total. The van der Waals surface area contributed by atoms with E-state index in [0.29, 0.717) is 30.1 Å². The molecule has 0 unspecified atom stereocenters. The van der Waals surface area contributed by atoms with Crippen LogP contribution >= 0.6 is 22.9 Å². The summed E-state index contributed by atoms with van der Waals surface area (Å²) in [6.07, 6.45) is 1.08. The van der Waals surface area contributed by atoms with Gasteiger partial charge in [0, 0.05) is 17.1 Å². The average molecular weight is 498 g/mol. The SMILES string of the molecule is O=C(Nc1ccccc1-c1nc2ccccc2s1)[C@@H]1CCCN1S(=O)(=O)c1ccc(Cl)cc1. The summed E-state index contributed by atoms with van der Waals surface area (Å²) in [6.45, 7) is 0.294. The normalized spacial score (nSPS) is 16.8. The maximum absolute atomic E-state index is 13.3. The number of carbonyl (C=O) groups is 1. The van der Waals surface area contributed by atoms with Crippen LogP contribution in [0.1, 0.15) is 12.8 Å². The van der Waals surface area contributed by atoms with Crippen molar-refractivity contribution in [1.29, 1.82) is 0 Å². The molecule has 9 heteroatoms. The lowest BCUT2D eigenvalue weighted by Gasteiger charge is -2.24. The number of carbonyl (C=O) groups excluding carboxylic acids is 1. The second-order valence-electron chi connectivity index (χ2n) is 7.75. The first-order chi connectivity index (χ1) is 15.9. The van der Waals surface area contributed by atoms with Gasteiger partial charge in [0.15, 0.2) is 0 Å². The highest BCUT2D eigenvalue weighted by Gasteiger charge is 2.39. The molecule has 1 saturated heterocycles. The monoisotopic (exact) mass is 497 g/mol. The van der Waals surface area contributed by atoms with Crippen molar-refractivity contribution in [3.63, 3.8) is 0 Å². The highest BCUT2D eigenvalue weighted by Crippen LogP contribution is 2.35. The van der Waals surface area contributed by atoms with Crippen LogP contribution in [0.4, 0.5) is 5.69 Å². The van der Waals surface area contributed by atoms with Crippen LogP contribution < -0.4 is 5.32 Å². The Balaban J connectivity index is 1.42. The summed E-state index contributed by atoms with van der Waals surface area (Å²) in [5.74, 6) is -0.349. The number of hydrogen-bond acceptors (Lipinski definition) is 5. The predicted molar refractivity (Wildman–Crippen MR) is 132 cm³/mol. The van der Waals surface area contributed by atoms with E-state index in [1.165, 1.54) is 28.6 Å². The van der Waals surface area contributed by atoms with Crippen molar-refractivity contribution in [3.8, 4) is 10.6 Å². The zero-order valence-electron chi connectivity index (χ0n) is 17.4. The van der Waals surface area contributed by atoms with E-state index in [9.17, 15) is 13.2 Å². The van der Waals surface area contributed by atoms with Crippen LogP contribution in [-0.4, -0.2) is 36.2 Å². The van der Waals surface area contributed by atoms with Crippen LogP contribution in [0.25, 0.3) is 20.8 Å². The smallest absolute Gasteiger partial charge is 0.243 e. The van der Waals surface area contributed by atoms with Gasteiger partial charge in [-0.25, -0.2) is 13.4 Å². The molecule has 1 atom stereocenters. The Morgan fingerprint density at radius 2 is 1.76 bits per heavy atom. The lowest BCUT2D eigenvalue weighted by Crippen LogP contribution is -2.43. The molecule has 0 bridgehead atoms. The quantitative estimate of drug-likeness (QED) is 0.400. The minimum Gasteiger partial charge on any atom is -0.324 e. The molecule has 6 nitrogen and oxygen atoms in total. The number of nitrogens with zero attached hydrogens (tertiary/aromatic N) is 2. The highest BCUT2D eigenvalue weighted by molar-refractivity contribution is 7.89. The van der Waals surface area contributed by atoms with Gasteiger partial charge in [-0.1, -0.05) is 35.9 Å². The average Bonchev–Trinajstić information content (AvgIpc) is 3.47. The van der Waals surface area contributed by atoms with Gasteiger partial charge in [0.1, 0.15) is 11.0 Å². The van der Waals surface area contributed by atoms with Crippen molar-refractivity contribution in [2.24, 2.45) is 0 Å². The van der Waals surface area contributed by atoms with Crippen molar-refractivity contribution < 1.29 is 13.2 Å². The Morgan fingerprint density at radius 3 is 2.55 bits per heavy atom. The number of halogens is 1. The minimum absolute atomic E-state index is 0.126. The molecule has 0 spiro atoms. The van der Waals surface area contributed by atoms with E-state index in [2.05, 4.69) is 5.32 Å². The van der Waals surface area contributed by atoms with Crippen LogP contribution in [0, 0.1) is 0 Å². The van der Waals surface area contributed by atoms with Crippen molar-refractivity contribution in [3.05, 3.63) is 77.8 Å². The van der Waals surface area contributed by atoms with E-state index in [1.807, 2.05) is 48.5 Å². The standard InChI is InChI=1S/C24H20ClN3O3S2/c25-16-11-13-17(14-12-16)33(30,31)28-15-5-9-21(28)23(29)26-19-7-2-1-6-18(19)24-27-20-8-3-4-10-22(20)32-24/h1-4,6-8,10-14,21H,5,9,15H2,(H,26,29)/t21-/m0/s1. The molecule has 168 valence electrons. The van der Waals surface area contributed by atoms with Crippen molar-refractivity contribution in [2.75, 3.05) is 11.9 Å². The van der Waals surface area contributed by atoms with Gasteiger partial charge < -0.3 is 5.32 Å². The number of hydrogen-bond donors (Lipinski definition) is 1. The lowest BCUT2D eigenvalue weighted by atomic mass is 10.1. The fourth-order valence-corrected chi connectivity index (χ4v) is 6.80. The van der Waals surface area contributed by atoms with Gasteiger partial charge in [0.25, 0.3) is 0 Å². The molecular formula is C24H20ClN3O3S2. The molecule has 2 heterocycles. The third-order valence-electron chi connectivity index (χ3n) is 5.64. The number of rotatable bonds is 5. The Morgan fingerprint density at radius 1 is 1.03 bits per heavy atom. The number of aromatic nitrogens is 1. The first-order valence-electron chi connectivity index (χ1n) is 10.5. The molecule has 1 aliphatic rings. The van der Waals surface area contributed by atoms with Crippen LogP contribution in [0.2, 0.25) is 5.02 Å². The van der Waals surface area contributed by atoms with E-state index >= 15 is 0 Å². The minimum atomic E-state index is -3.82. The summed E-state index contributed by atoms with van der Waals surface area (Å²) >= 11 is 7.45. The van der Waals surface area contributed by atoms with E-state index < -0.39 is 16.1 Å². The van der Waals surface area contributed by atoms with Crippen molar-refractivity contribution in [1.82, 2.24) is 9.29 Å². The van der Waals surface area contributed by atoms with Crippen LogP contribution in [-0.2, 0) is 14.8 Å². The molecule has 0 aliphatic carbocycles. The zero-order chi connectivity index (χ0) is 23.0. The number of fused-ring (bicyclic) bond motifs is 1. The summed E-state index contributed by atoms with van der Waals surface area (Å²) in [4.78, 5) is 18.1. The summed E-state index contributed by atoms with van der Waals surface area (Å²) in [6, 6.07) is 20.5. The number of sulfonamides is 1. The predicted octanol–water partition coefficient (Wildman–Crippen LogP) is 5.41. The molecule has 1 aromatic heterocycles. The summed E-state index contributed by atoms with van der Waals surface area (Å²) in [7, 11) is -3.82. The zero-order valence-corrected chi connectivity index (χ0v) is 19.8. The Labute approximate surface area is 200 Å². The maximum Gasteiger partial charge on any atom is 0.243 e. The van der Waals surface area contributed by atoms with Gasteiger partial charge >= 0.3 is 0 Å². The van der Waals surface area contributed by atoms with Gasteiger partial charge in [-0.05, 0) is 61.4 Å². The van der Waals surface area contributed by atoms with Crippen LogP contribution in [0.3, 0.4) is 0 Å². The van der Waals surface area contributed by atoms with Crippen molar-refractivity contribution >= 4 is 54.8 Å². The van der Waals surface area contributed by atoms with Gasteiger partial charge in [-0.3, -0.25) is 4.79 Å². The maximum atomic E-state index is 13.3. The summed E-state index contributed by atoms with van der Waals surface area (Å²) in [5.41, 5.74) is 2.31.